The molecule has 0 atom stereocenters. The van der Waals surface area contributed by atoms with Crippen LogP contribution in [0.2, 0.25) is 0 Å². The molecule has 3 heterocycles. The number of fused-ring (bicyclic) bond motifs is 3. The van der Waals surface area contributed by atoms with Crippen LogP contribution in [0.1, 0.15) is 15.9 Å². The number of methoxy groups -OCH3 is 1. The van der Waals surface area contributed by atoms with E-state index < -0.39 is 5.97 Å². The van der Waals surface area contributed by atoms with Crippen molar-refractivity contribution in [3.8, 4) is 21.7 Å². The number of hydrogen-bond donors (Lipinski definition) is 0. The van der Waals surface area contributed by atoms with Gasteiger partial charge in [-0.15, -0.1) is 11.3 Å². The summed E-state index contributed by atoms with van der Waals surface area (Å²) >= 11 is 1.55. The molecule has 1 aromatic carbocycles. The van der Waals surface area contributed by atoms with Crippen LogP contribution < -0.4 is 5.56 Å². The fraction of sp³-hybridized carbons (Fsp3) is 0.158. The zero-order valence-electron chi connectivity index (χ0n) is 13.1. The van der Waals surface area contributed by atoms with Crippen LogP contribution in [-0.2, 0) is 17.7 Å². The number of carbonyl (C=O) groups excluding carboxylic acids is 1. The maximum atomic E-state index is 13.0. The molecule has 0 radical (unpaired) electrons. The molecule has 0 amide bonds. The molecule has 3 aromatic rings. The molecular weight excluding hydrogens is 322 g/mol. The fourth-order valence-corrected chi connectivity index (χ4v) is 4.21. The summed E-state index contributed by atoms with van der Waals surface area (Å²) in [6, 6.07) is 13.2. The summed E-state index contributed by atoms with van der Waals surface area (Å²) < 4.78 is 6.69. The second-order valence-corrected chi connectivity index (χ2v) is 6.58. The van der Waals surface area contributed by atoms with Gasteiger partial charge in [0.1, 0.15) is 0 Å². The lowest BCUT2D eigenvalue weighted by atomic mass is 9.98. The van der Waals surface area contributed by atoms with Gasteiger partial charge in [0.05, 0.1) is 23.2 Å². The number of ether oxygens (including phenoxy) is 1. The van der Waals surface area contributed by atoms with Crippen molar-refractivity contribution in [1.29, 1.82) is 0 Å². The van der Waals surface area contributed by atoms with Crippen molar-refractivity contribution in [3.63, 3.8) is 0 Å². The molecule has 120 valence electrons. The maximum absolute atomic E-state index is 13.0. The van der Waals surface area contributed by atoms with Crippen molar-refractivity contribution in [2.24, 2.45) is 0 Å². The average Bonchev–Trinajstić information content (AvgIpc) is 3.11. The summed E-state index contributed by atoms with van der Waals surface area (Å²) in [7, 11) is 1.37. The topological polar surface area (TPSA) is 48.3 Å². The number of benzene rings is 1. The fourth-order valence-electron chi connectivity index (χ4n) is 3.19. The van der Waals surface area contributed by atoms with Crippen molar-refractivity contribution in [2.75, 3.05) is 7.11 Å². The summed E-state index contributed by atoms with van der Waals surface area (Å²) in [4.78, 5) is 26.4. The molecule has 1 aliphatic heterocycles. The third-order valence-electron chi connectivity index (χ3n) is 4.35. The van der Waals surface area contributed by atoms with E-state index in [0.29, 0.717) is 23.4 Å². The van der Waals surface area contributed by atoms with Crippen LogP contribution in [0.4, 0.5) is 0 Å². The molecule has 4 rings (SSSR count). The number of pyridine rings is 1. The highest BCUT2D eigenvalue weighted by Gasteiger charge is 2.27. The minimum absolute atomic E-state index is 0.0668. The van der Waals surface area contributed by atoms with Gasteiger partial charge in [-0.05, 0) is 35.1 Å². The Balaban J connectivity index is 2.06. The SMILES string of the molecule is COC(=O)c1cc(-c2ccccc2)c(=O)n2c1-c1sccc1CC2. The van der Waals surface area contributed by atoms with E-state index in [1.807, 2.05) is 35.7 Å². The first kappa shape index (κ1) is 14.9. The van der Waals surface area contributed by atoms with Gasteiger partial charge in [-0.1, -0.05) is 30.3 Å². The van der Waals surface area contributed by atoms with Gasteiger partial charge in [0.25, 0.3) is 5.56 Å². The number of aromatic nitrogens is 1. The van der Waals surface area contributed by atoms with Gasteiger partial charge >= 0.3 is 5.97 Å². The number of aryl methyl sites for hydroxylation is 1. The normalized spacial score (nSPS) is 12.4. The van der Waals surface area contributed by atoms with Crippen molar-refractivity contribution < 1.29 is 9.53 Å². The summed E-state index contributed by atoms with van der Waals surface area (Å²) in [5.74, 6) is -0.419. The quantitative estimate of drug-likeness (QED) is 0.672. The molecule has 0 aliphatic carbocycles. The van der Waals surface area contributed by atoms with Crippen LogP contribution in [0, 0.1) is 0 Å². The van der Waals surface area contributed by atoms with E-state index in [0.717, 1.165) is 16.9 Å². The first-order valence-corrected chi connectivity index (χ1v) is 8.57. The molecule has 0 unspecified atom stereocenters. The molecule has 0 saturated heterocycles. The van der Waals surface area contributed by atoms with Crippen LogP contribution in [-0.4, -0.2) is 17.6 Å². The Morgan fingerprint density at radius 1 is 1.21 bits per heavy atom. The minimum atomic E-state index is -0.419. The Hall–Kier alpha value is -2.66. The van der Waals surface area contributed by atoms with Gasteiger partial charge in [-0.2, -0.15) is 0 Å². The Morgan fingerprint density at radius 3 is 2.75 bits per heavy atom. The van der Waals surface area contributed by atoms with Gasteiger partial charge in [0.15, 0.2) is 0 Å². The Kier molecular flexibility index (Phi) is 3.58. The summed E-state index contributed by atoms with van der Waals surface area (Å²) in [6.07, 6.45) is 0.796. The van der Waals surface area contributed by atoms with Gasteiger partial charge in [0.2, 0.25) is 0 Å². The lowest BCUT2D eigenvalue weighted by Crippen LogP contribution is -2.29. The zero-order valence-corrected chi connectivity index (χ0v) is 13.9. The highest BCUT2D eigenvalue weighted by Crippen LogP contribution is 2.36. The molecular formula is C19H15NO3S. The van der Waals surface area contributed by atoms with Crippen molar-refractivity contribution >= 4 is 17.3 Å². The highest BCUT2D eigenvalue weighted by atomic mass is 32.1. The van der Waals surface area contributed by atoms with Gasteiger partial charge in [-0.3, -0.25) is 4.79 Å². The van der Waals surface area contributed by atoms with E-state index in [1.165, 1.54) is 12.7 Å². The molecule has 1 aliphatic rings. The molecule has 2 aromatic heterocycles. The number of rotatable bonds is 2. The third kappa shape index (κ3) is 2.20. The molecule has 0 N–H and O–H groups in total. The average molecular weight is 337 g/mol. The van der Waals surface area contributed by atoms with Crippen LogP contribution >= 0.6 is 11.3 Å². The maximum Gasteiger partial charge on any atom is 0.340 e. The first-order chi connectivity index (χ1) is 11.7. The Bertz CT molecular complexity index is 986. The summed E-state index contributed by atoms with van der Waals surface area (Å²) in [5, 5.41) is 2.00. The van der Waals surface area contributed by atoms with E-state index in [2.05, 4.69) is 6.07 Å². The van der Waals surface area contributed by atoms with E-state index in [-0.39, 0.29) is 5.56 Å². The third-order valence-corrected chi connectivity index (χ3v) is 5.31. The van der Waals surface area contributed by atoms with Gasteiger partial charge in [-0.25, -0.2) is 4.79 Å². The van der Waals surface area contributed by atoms with Crippen molar-refractivity contribution in [1.82, 2.24) is 4.57 Å². The predicted molar refractivity (Wildman–Crippen MR) is 94.5 cm³/mol. The monoisotopic (exact) mass is 337 g/mol. The molecule has 24 heavy (non-hydrogen) atoms. The minimum Gasteiger partial charge on any atom is -0.465 e. The number of hydrogen-bond acceptors (Lipinski definition) is 4. The van der Waals surface area contributed by atoms with Crippen molar-refractivity contribution in [3.05, 3.63) is 69.3 Å². The molecule has 0 bridgehead atoms. The number of thiophene rings is 1. The van der Waals surface area contributed by atoms with Gasteiger partial charge < -0.3 is 9.30 Å². The van der Waals surface area contributed by atoms with E-state index in [4.69, 9.17) is 4.74 Å². The number of nitrogens with zero attached hydrogens (tertiary/aromatic N) is 1. The smallest absolute Gasteiger partial charge is 0.340 e. The second kappa shape index (κ2) is 5.76. The Labute approximate surface area is 143 Å². The molecule has 0 saturated carbocycles. The van der Waals surface area contributed by atoms with Crippen LogP contribution in [0.25, 0.3) is 21.7 Å². The number of carbonyl (C=O) groups is 1. The first-order valence-electron chi connectivity index (χ1n) is 7.69. The van der Waals surface area contributed by atoms with Crippen LogP contribution in [0.15, 0.2) is 52.6 Å². The van der Waals surface area contributed by atoms with Crippen LogP contribution in [0.3, 0.4) is 0 Å². The molecule has 4 nitrogen and oxygen atoms in total. The van der Waals surface area contributed by atoms with Crippen LogP contribution in [0.5, 0.6) is 0 Å². The van der Waals surface area contributed by atoms with Gasteiger partial charge in [0, 0.05) is 12.1 Å². The van der Waals surface area contributed by atoms with E-state index >= 15 is 0 Å². The van der Waals surface area contributed by atoms with E-state index in [9.17, 15) is 9.59 Å². The second-order valence-electron chi connectivity index (χ2n) is 5.66. The molecule has 5 heteroatoms. The Morgan fingerprint density at radius 2 is 2.00 bits per heavy atom. The summed E-state index contributed by atoms with van der Waals surface area (Å²) in [5.41, 5.74) is 3.57. The lowest BCUT2D eigenvalue weighted by Gasteiger charge is -2.22. The molecule has 0 spiro atoms. The van der Waals surface area contributed by atoms with E-state index in [1.54, 1.807) is 22.0 Å². The number of esters is 1. The van der Waals surface area contributed by atoms with Crippen molar-refractivity contribution in [2.45, 2.75) is 13.0 Å². The summed E-state index contributed by atoms with van der Waals surface area (Å²) in [6.45, 7) is 0.572. The largest absolute Gasteiger partial charge is 0.465 e. The molecule has 0 fully saturated rings. The lowest BCUT2D eigenvalue weighted by molar-refractivity contribution is 0.0600. The zero-order chi connectivity index (χ0) is 16.7. The standard InChI is InChI=1S/C19H15NO3S/c1-23-19(22)15-11-14(12-5-3-2-4-6-12)18(21)20-9-7-13-8-10-24-17(13)16(15)20/h2-6,8,10-11H,7,9H2,1H3. The predicted octanol–water partition coefficient (Wildman–Crippen LogP) is 3.59. The highest BCUT2D eigenvalue weighted by molar-refractivity contribution is 7.13.